The van der Waals surface area contributed by atoms with Crippen molar-refractivity contribution in [2.24, 2.45) is 0 Å². The quantitative estimate of drug-likeness (QED) is 0.813. The van der Waals surface area contributed by atoms with Gasteiger partial charge in [0.2, 0.25) is 0 Å². The van der Waals surface area contributed by atoms with Crippen molar-refractivity contribution in [3.05, 3.63) is 0 Å². The molecule has 2 atom stereocenters. The summed E-state index contributed by atoms with van der Waals surface area (Å²) in [6.07, 6.45) is -1.74. The van der Waals surface area contributed by atoms with E-state index < -0.39 is 23.5 Å². The minimum Gasteiger partial charge on any atom is -0.444 e. The van der Waals surface area contributed by atoms with Crippen molar-refractivity contribution in [1.29, 1.82) is 0 Å². The highest BCUT2D eigenvalue weighted by molar-refractivity contribution is 5.67. The smallest absolute Gasteiger partial charge is 0.410 e. The van der Waals surface area contributed by atoms with Crippen LogP contribution in [0.4, 0.5) is 9.18 Å². The average Bonchev–Trinajstić information content (AvgIpc) is 1.99. The first kappa shape index (κ1) is 15.2. The number of hydrogen-bond donors (Lipinski definition) is 1. The van der Waals surface area contributed by atoms with Crippen LogP contribution in [-0.4, -0.2) is 47.1 Å². The molecular weight excluding hydrogens is 213 g/mol. The number of amides is 1. The van der Waals surface area contributed by atoms with Crippen LogP contribution in [-0.2, 0) is 4.74 Å². The van der Waals surface area contributed by atoms with Gasteiger partial charge >= 0.3 is 6.09 Å². The van der Waals surface area contributed by atoms with Gasteiger partial charge in [-0.15, -0.1) is 0 Å². The van der Waals surface area contributed by atoms with Crippen molar-refractivity contribution in [2.75, 3.05) is 13.6 Å². The fourth-order valence-corrected chi connectivity index (χ4v) is 1.00. The molecule has 0 unspecified atom stereocenters. The Morgan fingerprint density at radius 2 is 1.88 bits per heavy atom. The summed E-state index contributed by atoms with van der Waals surface area (Å²) in [7, 11) is 1.44. The summed E-state index contributed by atoms with van der Waals surface area (Å²) in [4.78, 5) is 12.6. The predicted molar refractivity (Wildman–Crippen MR) is 60.1 cm³/mol. The summed E-state index contributed by atoms with van der Waals surface area (Å²) in [6.45, 7) is 7.60. The number of rotatable bonds is 3. The average molecular weight is 235 g/mol. The SMILES string of the molecule is C[C@H](O)[C@@](C)(F)CN(C)C(=O)OC(C)(C)C. The molecule has 0 saturated heterocycles. The van der Waals surface area contributed by atoms with E-state index in [9.17, 15) is 14.3 Å². The Morgan fingerprint density at radius 3 is 2.19 bits per heavy atom. The second-order valence-electron chi connectivity index (χ2n) is 5.29. The lowest BCUT2D eigenvalue weighted by atomic mass is 10.0. The standard InChI is InChI=1S/C11H22FNO3/c1-8(14)11(5,12)7-13(6)9(15)16-10(2,3)4/h8,14H,7H2,1-6H3/t8-,11-/m0/s1. The molecule has 5 heteroatoms. The van der Waals surface area contributed by atoms with Gasteiger partial charge in [0.15, 0.2) is 5.67 Å². The van der Waals surface area contributed by atoms with Crippen LogP contribution in [0.25, 0.3) is 0 Å². The Morgan fingerprint density at radius 1 is 1.44 bits per heavy atom. The Hall–Kier alpha value is -0.840. The molecule has 0 radical (unpaired) electrons. The molecule has 0 bridgehead atoms. The Balaban J connectivity index is 4.37. The maximum absolute atomic E-state index is 13.8. The van der Waals surface area contributed by atoms with Gasteiger partial charge in [-0.1, -0.05) is 0 Å². The van der Waals surface area contributed by atoms with Crippen molar-refractivity contribution in [3.8, 4) is 0 Å². The van der Waals surface area contributed by atoms with Gasteiger partial charge < -0.3 is 14.7 Å². The highest BCUT2D eigenvalue weighted by Crippen LogP contribution is 2.18. The number of hydrogen-bond acceptors (Lipinski definition) is 3. The molecule has 0 aromatic heterocycles. The van der Waals surface area contributed by atoms with Crippen molar-refractivity contribution >= 4 is 6.09 Å². The van der Waals surface area contributed by atoms with E-state index in [1.54, 1.807) is 20.8 Å². The lowest BCUT2D eigenvalue weighted by Gasteiger charge is -2.30. The Kier molecular flexibility index (Phi) is 4.73. The zero-order valence-electron chi connectivity index (χ0n) is 10.9. The molecule has 0 aromatic carbocycles. The van der Waals surface area contributed by atoms with E-state index in [2.05, 4.69) is 0 Å². The number of aliphatic hydroxyl groups is 1. The molecule has 1 N–H and O–H groups in total. The van der Waals surface area contributed by atoms with E-state index in [0.29, 0.717) is 0 Å². The predicted octanol–water partition coefficient (Wildman–Crippen LogP) is 1.96. The van der Waals surface area contributed by atoms with Crippen molar-refractivity contribution in [2.45, 2.75) is 52.0 Å². The first-order valence-electron chi connectivity index (χ1n) is 5.27. The normalized spacial score (nSPS) is 17.5. The van der Waals surface area contributed by atoms with Gasteiger partial charge in [-0.3, -0.25) is 0 Å². The summed E-state index contributed by atoms with van der Waals surface area (Å²) in [5, 5.41) is 9.19. The molecule has 16 heavy (non-hydrogen) atoms. The molecule has 0 rings (SSSR count). The van der Waals surface area contributed by atoms with Gasteiger partial charge in [-0.25, -0.2) is 9.18 Å². The number of ether oxygens (including phenoxy) is 1. The first-order chi connectivity index (χ1) is 6.96. The molecule has 0 aromatic rings. The third-order valence-corrected chi connectivity index (χ3v) is 2.12. The molecule has 0 spiro atoms. The van der Waals surface area contributed by atoms with Gasteiger partial charge in [-0.05, 0) is 34.6 Å². The summed E-state index contributed by atoms with van der Waals surface area (Å²) in [5.41, 5.74) is -2.45. The number of carbonyl (C=O) groups is 1. The van der Waals surface area contributed by atoms with Crippen molar-refractivity contribution < 1.29 is 19.0 Å². The highest BCUT2D eigenvalue weighted by atomic mass is 19.1. The maximum Gasteiger partial charge on any atom is 0.410 e. The maximum atomic E-state index is 13.8. The summed E-state index contributed by atoms with van der Waals surface area (Å²) in [6, 6.07) is 0. The Bertz CT molecular complexity index is 246. The monoisotopic (exact) mass is 235 g/mol. The zero-order valence-corrected chi connectivity index (χ0v) is 10.9. The number of halogens is 1. The lowest BCUT2D eigenvalue weighted by molar-refractivity contribution is -0.0176. The molecule has 0 fully saturated rings. The van der Waals surface area contributed by atoms with Gasteiger partial charge in [0, 0.05) is 7.05 Å². The Labute approximate surface area is 96.4 Å². The van der Waals surface area contributed by atoms with Gasteiger partial charge in [0.05, 0.1) is 12.6 Å². The molecule has 0 aliphatic carbocycles. The van der Waals surface area contributed by atoms with Crippen LogP contribution in [0.1, 0.15) is 34.6 Å². The summed E-state index contributed by atoms with van der Waals surface area (Å²) in [5.74, 6) is 0. The van der Waals surface area contributed by atoms with Gasteiger partial charge in [-0.2, -0.15) is 0 Å². The third kappa shape index (κ3) is 5.30. The van der Waals surface area contributed by atoms with E-state index in [1.165, 1.54) is 20.9 Å². The number of nitrogens with zero attached hydrogens (tertiary/aromatic N) is 1. The van der Waals surface area contributed by atoms with Gasteiger partial charge in [0.25, 0.3) is 0 Å². The molecular formula is C11H22FNO3. The van der Waals surface area contributed by atoms with Crippen LogP contribution in [0.2, 0.25) is 0 Å². The van der Waals surface area contributed by atoms with E-state index in [0.717, 1.165) is 4.90 Å². The molecule has 0 heterocycles. The molecule has 1 amide bonds. The molecule has 4 nitrogen and oxygen atoms in total. The number of carbonyl (C=O) groups excluding carboxylic acids is 1. The summed E-state index contributed by atoms with van der Waals surface area (Å²) >= 11 is 0. The third-order valence-electron chi connectivity index (χ3n) is 2.12. The molecule has 96 valence electrons. The van der Waals surface area contributed by atoms with Crippen LogP contribution in [0.5, 0.6) is 0 Å². The van der Waals surface area contributed by atoms with E-state index in [4.69, 9.17) is 4.74 Å². The largest absolute Gasteiger partial charge is 0.444 e. The van der Waals surface area contributed by atoms with Crippen LogP contribution in [0.15, 0.2) is 0 Å². The van der Waals surface area contributed by atoms with Crippen LogP contribution in [0, 0.1) is 0 Å². The molecule has 0 aliphatic heterocycles. The zero-order chi connectivity index (χ0) is 13.1. The number of aliphatic hydroxyl groups excluding tert-OH is 1. The van der Waals surface area contributed by atoms with Crippen LogP contribution >= 0.6 is 0 Å². The molecule has 0 saturated carbocycles. The van der Waals surface area contributed by atoms with Gasteiger partial charge in [0.1, 0.15) is 5.60 Å². The minimum atomic E-state index is -1.84. The van der Waals surface area contributed by atoms with Crippen LogP contribution < -0.4 is 0 Å². The summed E-state index contributed by atoms with van der Waals surface area (Å²) < 4.78 is 18.8. The van der Waals surface area contributed by atoms with E-state index >= 15 is 0 Å². The number of alkyl halides is 1. The van der Waals surface area contributed by atoms with Crippen molar-refractivity contribution in [3.63, 3.8) is 0 Å². The van der Waals surface area contributed by atoms with Crippen LogP contribution in [0.3, 0.4) is 0 Å². The fraction of sp³-hybridized carbons (Fsp3) is 0.909. The van der Waals surface area contributed by atoms with Crippen molar-refractivity contribution in [1.82, 2.24) is 4.90 Å². The topological polar surface area (TPSA) is 49.8 Å². The second-order valence-corrected chi connectivity index (χ2v) is 5.29. The second kappa shape index (κ2) is 4.99. The fourth-order valence-electron chi connectivity index (χ4n) is 1.00. The lowest BCUT2D eigenvalue weighted by Crippen LogP contribution is -2.46. The molecule has 0 aliphatic rings. The van der Waals surface area contributed by atoms with E-state index in [-0.39, 0.29) is 6.54 Å². The minimum absolute atomic E-state index is 0.209. The van der Waals surface area contributed by atoms with E-state index in [1.807, 2.05) is 0 Å². The highest BCUT2D eigenvalue weighted by Gasteiger charge is 2.33. The first-order valence-corrected chi connectivity index (χ1v) is 5.27.